The van der Waals surface area contributed by atoms with Crippen LogP contribution in [0.2, 0.25) is 0 Å². The average Bonchev–Trinajstić information content (AvgIpc) is 2.97. The summed E-state index contributed by atoms with van der Waals surface area (Å²) in [6.07, 6.45) is 4.55. The van der Waals surface area contributed by atoms with E-state index in [0.717, 1.165) is 18.0 Å². The van der Waals surface area contributed by atoms with Crippen LogP contribution in [0, 0.1) is 6.92 Å². The Balaban J connectivity index is 1.61. The van der Waals surface area contributed by atoms with E-state index in [1.165, 1.54) is 29.0 Å². The molecule has 1 heterocycles. The van der Waals surface area contributed by atoms with Crippen molar-refractivity contribution in [2.45, 2.75) is 32.6 Å². The molecule has 1 amide bonds. The molecule has 0 aliphatic heterocycles. The van der Waals surface area contributed by atoms with Crippen LogP contribution < -0.4 is 9.64 Å². The van der Waals surface area contributed by atoms with Crippen molar-refractivity contribution in [2.24, 2.45) is 0 Å². The molecular weight excluding hydrogens is 296 g/mol. The zero-order chi connectivity index (χ0) is 15.5. The van der Waals surface area contributed by atoms with Crippen LogP contribution in [0.5, 0.6) is 5.75 Å². The maximum atomic E-state index is 12.3. The summed E-state index contributed by atoms with van der Waals surface area (Å²) in [6, 6.07) is 7.70. The van der Waals surface area contributed by atoms with E-state index in [-0.39, 0.29) is 12.5 Å². The molecule has 1 aromatic carbocycles. The molecule has 0 unspecified atom stereocenters. The summed E-state index contributed by atoms with van der Waals surface area (Å²) in [4.78, 5) is 19.8. The summed E-state index contributed by atoms with van der Waals surface area (Å²) in [5, 5.41) is 0.782. The number of likely N-dealkylation sites (N-methyl/N-ethyl adjacent to an activating group) is 1. The van der Waals surface area contributed by atoms with Gasteiger partial charge >= 0.3 is 0 Å². The van der Waals surface area contributed by atoms with Crippen molar-refractivity contribution in [1.29, 1.82) is 0 Å². The van der Waals surface area contributed by atoms with E-state index in [2.05, 4.69) is 4.98 Å². The second kappa shape index (κ2) is 6.48. The van der Waals surface area contributed by atoms with Gasteiger partial charge in [-0.05, 0) is 44.7 Å². The molecule has 0 atom stereocenters. The minimum absolute atomic E-state index is 0.0316. The second-order valence-electron chi connectivity index (χ2n) is 5.63. The van der Waals surface area contributed by atoms with Crippen LogP contribution in [-0.4, -0.2) is 24.5 Å². The smallest absolute Gasteiger partial charge is 0.266 e. The van der Waals surface area contributed by atoms with Gasteiger partial charge in [-0.3, -0.25) is 9.69 Å². The Morgan fingerprint density at radius 3 is 2.73 bits per heavy atom. The van der Waals surface area contributed by atoms with Gasteiger partial charge in [-0.25, -0.2) is 4.98 Å². The molecule has 0 radical (unpaired) electrons. The number of ether oxygens (including phenoxy) is 1. The molecule has 3 rings (SSSR count). The van der Waals surface area contributed by atoms with Gasteiger partial charge in [0.2, 0.25) is 0 Å². The predicted molar refractivity (Wildman–Crippen MR) is 88.8 cm³/mol. The van der Waals surface area contributed by atoms with Crippen molar-refractivity contribution in [3.8, 4) is 5.75 Å². The normalized spacial score (nSPS) is 13.5. The Morgan fingerprint density at radius 1 is 1.27 bits per heavy atom. The van der Waals surface area contributed by atoms with Gasteiger partial charge in [0.05, 0.1) is 5.69 Å². The van der Waals surface area contributed by atoms with E-state index in [1.54, 1.807) is 23.3 Å². The summed E-state index contributed by atoms with van der Waals surface area (Å²) >= 11 is 1.63. The highest BCUT2D eigenvalue weighted by Gasteiger charge is 2.20. The number of carbonyl (C=O) groups is 1. The van der Waals surface area contributed by atoms with E-state index in [9.17, 15) is 4.79 Å². The van der Waals surface area contributed by atoms with Crippen molar-refractivity contribution < 1.29 is 9.53 Å². The highest BCUT2D eigenvalue weighted by atomic mass is 32.1. The molecule has 0 fully saturated rings. The van der Waals surface area contributed by atoms with Crippen molar-refractivity contribution in [2.75, 3.05) is 18.6 Å². The van der Waals surface area contributed by atoms with Gasteiger partial charge < -0.3 is 4.74 Å². The quantitative estimate of drug-likeness (QED) is 0.868. The van der Waals surface area contributed by atoms with Gasteiger partial charge in [0.15, 0.2) is 11.7 Å². The molecule has 4 nitrogen and oxygen atoms in total. The van der Waals surface area contributed by atoms with Gasteiger partial charge in [0, 0.05) is 11.9 Å². The summed E-state index contributed by atoms with van der Waals surface area (Å²) in [6.45, 7) is 2.05. The Kier molecular flexibility index (Phi) is 4.43. The Morgan fingerprint density at radius 2 is 2.00 bits per heavy atom. The third-order valence-corrected chi connectivity index (χ3v) is 5.11. The predicted octanol–water partition coefficient (Wildman–Crippen LogP) is 3.37. The topological polar surface area (TPSA) is 42.4 Å². The lowest BCUT2D eigenvalue weighted by atomic mass is 10.0. The molecule has 1 aliphatic rings. The number of nitrogens with zero attached hydrogens (tertiary/aromatic N) is 2. The zero-order valence-electron chi connectivity index (χ0n) is 13.0. The van der Waals surface area contributed by atoms with Crippen LogP contribution in [-0.2, 0) is 17.6 Å². The van der Waals surface area contributed by atoms with Crippen LogP contribution in [0.1, 0.15) is 29.0 Å². The first-order valence-electron chi connectivity index (χ1n) is 7.58. The molecule has 0 saturated heterocycles. The highest BCUT2D eigenvalue weighted by Crippen LogP contribution is 2.31. The van der Waals surface area contributed by atoms with E-state index < -0.39 is 0 Å². The van der Waals surface area contributed by atoms with Gasteiger partial charge in [0.25, 0.3) is 5.91 Å². The first-order valence-corrected chi connectivity index (χ1v) is 8.40. The summed E-state index contributed by atoms with van der Waals surface area (Å²) in [5.74, 6) is 0.637. The maximum absolute atomic E-state index is 12.3. The maximum Gasteiger partial charge on any atom is 0.266 e. The number of thiazole rings is 1. The van der Waals surface area contributed by atoms with Crippen LogP contribution in [0.15, 0.2) is 24.3 Å². The van der Waals surface area contributed by atoms with Gasteiger partial charge in [0.1, 0.15) is 5.75 Å². The first kappa shape index (κ1) is 15.0. The fourth-order valence-corrected chi connectivity index (χ4v) is 3.59. The summed E-state index contributed by atoms with van der Waals surface area (Å²) in [5.41, 5.74) is 2.34. The molecule has 116 valence electrons. The number of carbonyl (C=O) groups excluding carboxylic acids is 1. The number of benzene rings is 1. The number of hydrogen-bond acceptors (Lipinski definition) is 4. The lowest BCUT2D eigenvalue weighted by Crippen LogP contribution is -2.31. The Hall–Kier alpha value is -1.88. The van der Waals surface area contributed by atoms with Gasteiger partial charge in [-0.1, -0.05) is 17.7 Å². The van der Waals surface area contributed by atoms with E-state index in [4.69, 9.17) is 4.74 Å². The molecule has 5 heteroatoms. The molecule has 0 bridgehead atoms. The third-order valence-electron chi connectivity index (χ3n) is 3.88. The van der Waals surface area contributed by atoms with Crippen LogP contribution in [0.25, 0.3) is 0 Å². The van der Waals surface area contributed by atoms with Crippen molar-refractivity contribution >= 4 is 22.4 Å². The molecule has 2 aromatic rings. The number of anilines is 1. The molecule has 0 saturated carbocycles. The lowest BCUT2D eigenvalue weighted by molar-refractivity contribution is -0.120. The van der Waals surface area contributed by atoms with Crippen molar-refractivity contribution in [3.63, 3.8) is 0 Å². The number of rotatable bonds is 4. The van der Waals surface area contributed by atoms with Crippen molar-refractivity contribution in [3.05, 3.63) is 40.4 Å². The Labute approximate surface area is 134 Å². The zero-order valence-corrected chi connectivity index (χ0v) is 13.8. The molecule has 1 aliphatic carbocycles. The number of fused-ring (bicyclic) bond motifs is 1. The van der Waals surface area contributed by atoms with Crippen LogP contribution >= 0.6 is 11.3 Å². The van der Waals surface area contributed by atoms with Crippen LogP contribution in [0.4, 0.5) is 5.13 Å². The van der Waals surface area contributed by atoms with E-state index in [0.29, 0.717) is 5.75 Å². The number of aromatic nitrogens is 1. The minimum atomic E-state index is -0.0772. The van der Waals surface area contributed by atoms with Gasteiger partial charge in [-0.15, -0.1) is 11.3 Å². The first-order chi connectivity index (χ1) is 10.6. The molecule has 0 spiro atoms. The van der Waals surface area contributed by atoms with Crippen LogP contribution in [0.3, 0.4) is 0 Å². The molecule has 0 N–H and O–H groups in total. The Bertz CT molecular complexity index is 640. The largest absolute Gasteiger partial charge is 0.484 e. The fraction of sp³-hybridized carbons (Fsp3) is 0.412. The fourth-order valence-electron chi connectivity index (χ4n) is 2.46. The average molecular weight is 316 g/mol. The molecule has 22 heavy (non-hydrogen) atoms. The number of amides is 1. The highest BCUT2D eigenvalue weighted by molar-refractivity contribution is 7.15. The standard InChI is InChI=1S/C17H20N2O2S/c1-12-7-9-13(10-8-12)21-11-16(20)19(2)17-18-14-5-3-4-6-15(14)22-17/h7-10H,3-6,11H2,1-2H3. The summed E-state index contributed by atoms with van der Waals surface area (Å²) in [7, 11) is 1.77. The minimum Gasteiger partial charge on any atom is -0.484 e. The van der Waals surface area contributed by atoms with E-state index >= 15 is 0 Å². The van der Waals surface area contributed by atoms with E-state index in [1.807, 2.05) is 31.2 Å². The summed E-state index contributed by atoms with van der Waals surface area (Å²) < 4.78 is 5.55. The monoisotopic (exact) mass is 316 g/mol. The SMILES string of the molecule is Cc1ccc(OCC(=O)N(C)c2nc3c(s2)CCCC3)cc1. The molecular formula is C17H20N2O2S. The third kappa shape index (κ3) is 3.30. The van der Waals surface area contributed by atoms with Crippen molar-refractivity contribution in [1.82, 2.24) is 4.98 Å². The van der Waals surface area contributed by atoms with Gasteiger partial charge in [-0.2, -0.15) is 0 Å². The second-order valence-corrected chi connectivity index (χ2v) is 6.69. The molecule has 1 aromatic heterocycles. The number of hydrogen-bond donors (Lipinski definition) is 0. The number of aryl methyl sites for hydroxylation is 3. The lowest BCUT2D eigenvalue weighted by Gasteiger charge is -2.14.